The van der Waals surface area contributed by atoms with E-state index in [1.807, 2.05) is 6.07 Å². The molecule has 4 rings (SSSR count). The van der Waals surface area contributed by atoms with Gasteiger partial charge in [0.1, 0.15) is 0 Å². The molecular formula is C21H14ClN3O2. The minimum absolute atomic E-state index is 0.230. The van der Waals surface area contributed by atoms with Gasteiger partial charge in [-0.1, -0.05) is 48.0 Å². The zero-order valence-electron chi connectivity index (χ0n) is 14.1. The zero-order chi connectivity index (χ0) is 18.8. The first kappa shape index (κ1) is 17.0. The summed E-state index contributed by atoms with van der Waals surface area (Å²) in [6, 6.07) is 19.3. The van der Waals surface area contributed by atoms with Crippen molar-refractivity contribution in [3.05, 3.63) is 93.9 Å². The quantitative estimate of drug-likeness (QED) is 0.536. The highest BCUT2D eigenvalue weighted by Crippen LogP contribution is 2.29. The molecule has 0 aliphatic rings. The lowest BCUT2D eigenvalue weighted by Gasteiger charge is -2.14. The van der Waals surface area contributed by atoms with Crippen LogP contribution in [0.2, 0.25) is 5.02 Å². The van der Waals surface area contributed by atoms with Crippen LogP contribution in [-0.2, 0) is 0 Å². The molecule has 0 amide bonds. The molecule has 0 fully saturated rings. The molecule has 0 radical (unpaired) electrons. The maximum absolute atomic E-state index is 13.0. The summed E-state index contributed by atoms with van der Waals surface area (Å²) in [6.07, 6.45) is 3.14. The maximum Gasteiger partial charge on any atom is 0.265 e. The number of halogens is 1. The molecule has 2 aromatic carbocycles. The maximum atomic E-state index is 13.0. The molecule has 4 aromatic rings. The molecule has 0 spiro atoms. The first-order valence-electron chi connectivity index (χ1n) is 8.23. The van der Waals surface area contributed by atoms with Gasteiger partial charge in [0.05, 0.1) is 16.3 Å². The normalized spacial score (nSPS) is 11.3. The van der Waals surface area contributed by atoms with E-state index in [4.69, 9.17) is 11.6 Å². The first-order chi connectivity index (χ1) is 13.2. The highest BCUT2D eigenvalue weighted by atomic mass is 35.5. The fraction of sp³-hybridized carbons (Fsp3) is 0. The molecule has 0 saturated heterocycles. The third-order valence-electron chi connectivity index (χ3n) is 4.17. The van der Waals surface area contributed by atoms with Crippen LogP contribution in [0.1, 0.15) is 5.56 Å². The van der Waals surface area contributed by atoms with E-state index in [0.717, 1.165) is 0 Å². The number of para-hydroxylation sites is 1. The summed E-state index contributed by atoms with van der Waals surface area (Å²) in [5.74, 6) is 0.267. The number of fused-ring (bicyclic) bond motifs is 1. The molecule has 0 unspecified atom stereocenters. The van der Waals surface area contributed by atoms with E-state index >= 15 is 0 Å². The van der Waals surface area contributed by atoms with E-state index in [9.17, 15) is 9.90 Å². The van der Waals surface area contributed by atoms with Crippen molar-refractivity contribution < 1.29 is 5.11 Å². The van der Waals surface area contributed by atoms with Gasteiger partial charge in [0.25, 0.3) is 5.56 Å². The van der Waals surface area contributed by atoms with Gasteiger partial charge < -0.3 is 5.11 Å². The summed E-state index contributed by atoms with van der Waals surface area (Å²) in [4.78, 5) is 21.5. The minimum Gasteiger partial charge on any atom is -0.494 e. The fourth-order valence-corrected chi connectivity index (χ4v) is 3.13. The zero-order valence-corrected chi connectivity index (χ0v) is 14.8. The summed E-state index contributed by atoms with van der Waals surface area (Å²) in [6.45, 7) is 0. The van der Waals surface area contributed by atoms with Crippen LogP contribution in [0.4, 0.5) is 5.82 Å². The second kappa shape index (κ2) is 7.05. The molecule has 6 heteroatoms. The van der Waals surface area contributed by atoms with Crippen LogP contribution >= 0.6 is 11.6 Å². The number of aromatic hydroxyl groups is 1. The van der Waals surface area contributed by atoms with Crippen LogP contribution in [0.15, 0.2) is 82.7 Å². The number of pyridine rings is 2. The molecule has 2 heterocycles. The van der Waals surface area contributed by atoms with Gasteiger partial charge in [-0.15, -0.1) is 0 Å². The molecule has 0 aliphatic carbocycles. The lowest BCUT2D eigenvalue weighted by molar-refractivity contribution is 0.436. The standard InChI is InChI=1S/C21H14ClN3O2/c22-17-9-3-4-10-18(17)25-20(26)15-8-2-1-7-14(15)16(21(25)27)13-24-19-11-5-6-12-23-19/h1-13,27H. The molecular weight excluding hydrogens is 362 g/mol. The van der Waals surface area contributed by atoms with Gasteiger partial charge in [-0.3, -0.25) is 4.79 Å². The summed E-state index contributed by atoms with van der Waals surface area (Å²) in [7, 11) is 0. The minimum atomic E-state index is -0.355. The van der Waals surface area contributed by atoms with Crippen molar-refractivity contribution >= 4 is 34.4 Å². The SMILES string of the molecule is O=c1c2ccccc2c(C=Nc2ccccn2)c(O)n1-c1ccccc1Cl. The van der Waals surface area contributed by atoms with Crippen LogP contribution in [-0.4, -0.2) is 20.9 Å². The van der Waals surface area contributed by atoms with Crippen molar-refractivity contribution in [1.82, 2.24) is 9.55 Å². The third-order valence-corrected chi connectivity index (χ3v) is 4.49. The fourth-order valence-electron chi connectivity index (χ4n) is 2.91. The largest absolute Gasteiger partial charge is 0.494 e. The monoisotopic (exact) mass is 375 g/mol. The topological polar surface area (TPSA) is 67.5 Å². The number of nitrogens with zero attached hydrogens (tertiary/aromatic N) is 3. The third kappa shape index (κ3) is 3.09. The van der Waals surface area contributed by atoms with Crippen molar-refractivity contribution in [2.75, 3.05) is 0 Å². The van der Waals surface area contributed by atoms with E-state index in [1.54, 1.807) is 66.9 Å². The van der Waals surface area contributed by atoms with Crippen molar-refractivity contribution in [2.24, 2.45) is 4.99 Å². The number of aromatic nitrogens is 2. The van der Waals surface area contributed by atoms with Gasteiger partial charge in [-0.2, -0.15) is 0 Å². The van der Waals surface area contributed by atoms with Gasteiger partial charge in [-0.25, -0.2) is 14.5 Å². The number of hydrogen-bond acceptors (Lipinski definition) is 4. The van der Waals surface area contributed by atoms with E-state index in [-0.39, 0.29) is 11.4 Å². The predicted octanol–water partition coefficient (Wildman–Crippen LogP) is 4.50. The Hall–Kier alpha value is -3.44. The molecule has 1 N–H and O–H groups in total. The summed E-state index contributed by atoms with van der Waals surface area (Å²) in [5, 5.41) is 12.3. The van der Waals surface area contributed by atoms with Crippen LogP contribution in [0.3, 0.4) is 0 Å². The van der Waals surface area contributed by atoms with Crippen molar-refractivity contribution in [3.63, 3.8) is 0 Å². The Kier molecular flexibility index (Phi) is 4.44. The molecule has 0 bridgehead atoms. The molecule has 132 valence electrons. The van der Waals surface area contributed by atoms with Crippen LogP contribution < -0.4 is 5.56 Å². The summed E-state index contributed by atoms with van der Waals surface area (Å²) >= 11 is 6.26. The number of rotatable bonds is 3. The Morgan fingerprint density at radius 2 is 1.67 bits per heavy atom. The van der Waals surface area contributed by atoms with Gasteiger partial charge in [0.15, 0.2) is 5.82 Å². The van der Waals surface area contributed by atoms with Crippen LogP contribution in [0, 0.1) is 0 Å². The average Bonchev–Trinajstić information content (AvgIpc) is 2.70. The Morgan fingerprint density at radius 3 is 2.41 bits per heavy atom. The number of aliphatic imine (C=N–C) groups is 1. The second-order valence-corrected chi connectivity index (χ2v) is 6.23. The Bertz CT molecular complexity index is 1220. The Balaban J connectivity index is 2.02. The smallest absolute Gasteiger partial charge is 0.265 e. The van der Waals surface area contributed by atoms with E-state index in [0.29, 0.717) is 32.9 Å². The molecule has 5 nitrogen and oxygen atoms in total. The molecule has 27 heavy (non-hydrogen) atoms. The average molecular weight is 376 g/mol. The number of hydrogen-bond donors (Lipinski definition) is 1. The highest BCUT2D eigenvalue weighted by molar-refractivity contribution is 6.32. The molecule has 0 saturated carbocycles. The Labute approximate surface area is 159 Å². The van der Waals surface area contributed by atoms with E-state index < -0.39 is 0 Å². The highest BCUT2D eigenvalue weighted by Gasteiger charge is 2.17. The van der Waals surface area contributed by atoms with E-state index in [2.05, 4.69) is 9.98 Å². The van der Waals surface area contributed by atoms with Gasteiger partial charge >= 0.3 is 0 Å². The van der Waals surface area contributed by atoms with Gasteiger partial charge in [0, 0.05) is 23.2 Å². The first-order valence-corrected chi connectivity index (χ1v) is 8.61. The van der Waals surface area contributed by atoms with Gasteiger partial charge in [0.2, 0.25) is 5.88 Å². The molecule has 0 aliphatic heterocycles. The van der Waals surface area contributed by atoms with Crippen LogP contribution in [0.25, 0.3) is 16.5 Å². The lowest BCUT2D eigenvalue weighted by Crippen LogP contribution is -2.20. The van der Waals surface area contributed by atoms with Crippen molar-refractivity contribution in [2.45, 2.75) is 0 Å². The summed E-state index contributed by atoms with van der Waals surface area (Å²) in [5.41, 5.74) is 0.460. The Morgan fingerprint density at radius 1 is 0.963 bits per heavy atom. The van der Waals surface area contributed by atoms with Crippen molar-refractivity contribution in [3.8, 4) is 11.6 Å². The predicted molar refractivity (Wildman–Crippen MR) is 108 cm³/mol. The molecule has 0 atom stereocenters. The summed E-state index contributed by atoms with van der Waals surface area (Å²) < 4.78 is 1.20. The van der Waals surface area contributed by atoms with Crippen LogP contribution in [0.5, 0.6) is 5.88 Å². The second-order valence-electron chi connectivity index (χ2n) is 5.82. The lowest BCUT2D eigenvalue weighted by atomic mass is 10.1. The molecule has 2 aromatic heterocycles. The number of benzene rings is 2. The van der Waals surface area contributed by atoms with Crippen molar-refractivity contribution in [1.29, 1.82) is 0 Å². The van der Waals surface area contributed by atoms with Gasteiger partial charge in [-0.05, 0) is 30.3 Å². The van der Waals surface area contributed by atoms with E-state index in [1.165, 1.54) is 10.8 Å².